The Kier molecular flexibility index (Phi) is 5.42. The van der Waals surface area contributed by atoms with E-state index in [2.05, 4.69) is 29.8 Å². The van der Waals surface area contributed by atoms with Gasteiger partial charge in [-0.2, -0.15) is 0 Å². The van der Waals surface area contributed by atoms with E-state index in [0.29, 0.717) is 22.4 Å². The minimum absolute atomic E-state index is 0.340. The Bertz CT molecular complexity index is 316. The fraction of sp³-hybridized carbons (Fsp3) is 0.538. The highest BCUT2D eigenvalue weighted by atomic mass is 79.9. The predicted octanol–water partition coefficient (Wildman–Crippen LogP) is 4.45. The fourth-order valence-electron chi connectivity index (χ4n) is 1.88. The molecule has 1 N–H and O–H groups in total. The molecule has 1 unspecified atom stereocenters. The summed E-state index contributed by atoms with van der Waals surface area (Å²) in [5.41, 5.74) is 0.384. The molecule has 1 aromatic carbocycles. The molecule has 16 heavy (non-hydrogen) atoms. The largest absolute Gasteiger partial charge is 0.388 e. The van der Waals surface area contributed by atoms with Crippen molar-refractivity contribution in [2.75, 3.05) is 0 Å². The average Bonchev–Trinajstić information content (AvgIpc) is 2.25. The maximum atomic E-state index is 13.6. The Morgan fingerprint density at radius 3 is 2.44 bits per heavy atom. The lowest BCUT2D eigenvalue weighted by molar-refractivity contribution is 0.136. The topological polar surface area (TPSA) is 20.2 Å². The molecule has 1 aromatic rings. The molecule has 1 nitrogen and oxygen atoms in total. The van der Waals surface area contributed by atoms with Crippen LogP contribution < -0.4 is 0 Å². The van der Waals surface area contributed by atoms with Crippen molar-refractivity contribution < 1.29 is 9.50 Å². The Balaban J connectivity index is 2.83. The first-order valence-electron chi connectivity index (χ1n) is 5.72. The predicted molar refractivity (Wildman–Crippen MR) is 67.7 cm³/mol. The summed E-state index contributed by atoms with van der Waals surface area (Å²) < 4.78 is 14.2. The van der Waals surface area contributed by atoms with Gasteiger partial charge in [-0.05, 0) is 24.5 Å². The third-order valence-corrected chi connectivity index (χ3v) is 3.74. The number of rotatable bonds is 5. The average molecular weight is 289 g/mol. The Labute approximate surface area is 105 Å². The van der Waals surface area contributed by atoms with Crippen LogP contribution in [0.25, 0.3) is 0 Å². The van der Waals surface area contributed by atoms with Gasteiger partial charge in [0.15, 0.2) is 0 Å². The van der Waals surface area contributed by atoms with Crippen molar-refractivity contribution in [3.05, 3.63) is 34.1 Å². The van der Waals surface area contributed by atoms with Crippen molar-refractivity contribution in [2.45, 2.75) is 39.2 Å². The molecule has 1 rings (SSSR count). The molecule has 0 heterocycles. The molecule has 0 aliphatic carbocycles. The van der Waals surface area contributed by atoms with E-state index in [1.54, 1.807) is 12.1 Å². The summed E-state index contributed by atoms with van der Waals surface area (Å²) in [5, 5.41) is 10.0. The van der Waals surface area contributed by atoms with Crippen LogP contribution in [-0.4, -0.2) is 5.11 Å². The van der Waals surface area contributed by atoms with E-state index in [0.717, 1.165) is 12.8 Å². The van der Waals surface area contributed by atoms with Gasteiger partial charge in [-0.1, -0.05) is 48.7 Å². The van der Waals surface area contributed by atoms with Gasteiger partial charge >= 0.3 is 0 Å². The number of hydrogen-bond acceptors (Lipinski definition) is 1. The summed E-state index contributed by atoms with van der Waals surface area (Å²) in [5.74, 6) is 0.106. The second-order valence-electron chi connectivity index (χ2n) is 4.07. The van der Waals surface area contributed by atoms with Gasteiger partial charge < -0.3 is 5.11 Å². The van der Waals surface area contributed by atoms with Crippen LogP contribution in [0, 0.1) is 11.7 Å². The minimum Gasteiger partial charge on any atom is -0.388 e. The molecule has 0 bridgehead atoms. The highest BCUT2D eigenvalue weighted by molar-refractivity contribution is 9.10. The van der Waals surface area contributed by atoms with Crippen LogP contribution in [0.5, 0.6) is 0 Å². The molecular weight excluding hydrogens is 271 g/mol. The van der Waals surface area contributed by atoms with Crippen LogP contribution in [0.3, 0.4) is 0 Å². The summed E-state index contributed by atoms with van der Waals surface area (Å²) in [4.78, 5) is 0. The quantitative estimate of drug-likeness (QED) is 0.849. The summed E-state index contributed by atoms with van der Waals surface area (Å²) in [6.45, 7) is 4.19. The van der Waals surface area contributed by atoms with E-state index >= 15 is 0 Å². The number of benzene rings is 1. The fourth-order valence-corrected chi connectivity index (χ4v) is 2.49. The molecule has 1 atom stereocenters. The summed E-state index contributed by atoms with van der Waals surface area (Å²) in [6, 6.07) is 4.78. The van der Waals surface area contributed by atoms with Crippen molar-refractivity contribution in [1.82, 2.24) is 0 Å². The lowest BCUT2D eigenvalue weighted by Crippen LogP contribution is -2.08. The van der Waals surface area contributed by atoms with E-state index < -0.39 is 6.10 Å². The van der Waals surface area contributed by atoms with Crippen molar-refractivity contribution in [1.29, 1.82) is 0 Å². The molecule has 0 aliphatic rings. The number of hydrogen-bond donors (Lipinski definition) is 1. The third kappa shape index (κ3) is 3.29. The molecule has 90 valence electrons. The van der Waals surface area contributed by atoms with E-state index in [1.165, 1.54) is 6.07 Å². The highest BCUT2D eigenvalue weighted by Gasteiger charge is 2.19. The monoisotopic (exact) mass is 288 g/mol. The number of aliphatic hydroxyl groups excluding tert-OH is 1. The molecular formula is C13H18BrFO. The van der Waals surface area contributed by atoms with Gasteiger partial charge in [-0.25, -0.2) is 4.39 Å². The second kappa shape index (κ2) is 6.36. The van der Waals surface area contributed by atoms with Gasteiger partial charge in [-0.3, -0.25) is 0 Å². The molecule has 3 heteroatoms. The number of halogens is 2. The van der Waals surface area contributed by atoms with Crippen LogP contribution in [0.1, 0.15) is 44.8 Å². The Morgan fingerprint density at radius 1 is 1.31 bits per heavy atom. The smallest absolute Gasteiger partial charge is 0.130 e. The van der Waals surface area contributed by atoms with Gasteiger partial charge in [0.2, 0.25) is 0 Å². The molecule has 0 saturated heterocycles. The number of aliphatic hydroxyl groups is 1. The van der Waals surface area contributed by atoms with Gasteiger partial charge in [0.05, 0.1) is 6.10 Å². The van der Waals surface area contributed by atoms with E-state index in [-0.39, 0.29) is 5.82 Å². The van der Waals surface area contributed by atoms with E-state index in [1.807, 2.05) is 0 Å². The van der Waals surface area contributed by atoms with Gasteiger partial charge in [0.1, 0.15) is 5.82 Å². The maximum absolute atomic E-state index is 13.6. The Hall–Kier alpha value is -0.410. The van der Waals surface area contributed by atoms with Crippen molar-refractivity contribution in [2.24, 2.45) is 5.92 Å². The first-order valence-corrected chi connectivity index (χ1v) is 6.51. The Morgan fingerprint density at radius 2 is 1.94 bits per heavy atom. The third-order valence-electron chi connectivity index (χ3n) is 3.04. The van der Waals surface area contributed by atoms with Crippen molar-refractivity contribution in [3.63, 3.8) is 0 Å². The van der Waals surface area contributed by atoms with Crippen LogP contribution in [0.2, 0.25) is 0 Å². The van der Waals surface area contributed by atoms with Gasteiger partial charge in [-0.15, -0.1) is 0 Å². The molecule has 0 amide bonds. The summed E-state index contributed by atoms with van der Waals surface area (Å²) >= 11 is 3.28. The SMILES string of the molecule is CCC(CC)CC(O)c1c(F)cccc1Br. The van der Waals surface area contributed by atoms with Crippen LogP contribution in [0.15, 0.2) is 22.7 Å². The zero-order valence-electron chi connectivity index (χ0n) is 9.71. The highest BCUT2D eigenvalue weighted by Crippen LogP contribution is 2.31. The molecule has 0 aliphatic heterocycles. The zero-order valence-corrected chi connectivity index (χ0v) is 11.3. The van der Waals surface area contributed by atoms with Crippen molar-refractivity contribution >= 4 is 15.9 Å². The summed E-state index contributed by atoms with van der Waals surface area (Å²) in [6.07, 6.45) is 1.92. The lowest BCUT2D eigenvalue weighted by atomic mass is 9.93. The minimum atomic E-state index is -0.722. The first kappa shape index (κ1) is 13.7. The summed E-state index contributed by atoms with van der Waals surface area (Å²) in [7, 11) is 0. The molecule has 0 fully saturated rings. The molecule has 0 radical (unpaired) electrons. The molecule has 0 aromatic heterocycles. The van der Waals surface area contributed by atoms with Gasteiger partial charge in [0.25, 0.3) is 0 Å². The lowest BCUT2D eigenvalue weighted by Gasteiger charge is -2.19. The van der Waals surface area contributed by atoms with Crippen LogP contribution >= 0.6 is 15.9 Å². The van der Waals surface area contributed by atoms with E-state index in [4.69, 9.17) is 0 Å². The first-order chi connectivity index (χ1) is 7.60. The molecule has 0 saturated carbocycles. The van der Waals surface area contributed by atoms with E-state index in [9.17, 15) is 9.50 Å². The van der Waals surface area contributed by atoms with Gasteiger partial charge in [0, 0.05) is 10.0 Å². The standard InChI is InChI=1S/C13H18BrFO/c1-3-9(4-2)8-12(16)13-10(14)6-5-7-11(13)15/h5-7,9,12,16H,3-4,8H2,1-2H3. The zero-order chi connectivity index (χ0) is 12.1. The maximum Gasteiger partial charge on any atom is 0.130 e. The molecule has 0 spiro atoms. The van der Waals surface area contributed by atoms with Crippen LogP contribution in [-0.2, 0) is 0 Å². The van der Waals surface area contributed by atoms with Crippen molar-refractivity contribution in [3.8, 4) is 0 Å². The van der Waals surface area contributed by atoms with Crippen LogP contribution in [0.4, 0.5) is 4.39 Å². The normalized spacial score (nSPS) is 13.1. The second-order valence-corrected chi connectivity index (χ2v) is 4.92.